The Labute approximate surface area is 44.1 Å². The summed E-state index contributed by atoms with van der Waals surface area (Å²) >= 11 is 0. The van der Waals surface area contributed by atoms with Gasteiger partial charge in [0, 0.05) is 0 Å². The fourth-order valence-electron chi connectivity index (χ4n) is 0.249. The van der Waals surface area contributed by atoms with Gasteiger partial charge in [-0.25, -0.2) is 4.79 Å². The van der Waals surface area contributed by atoms with Crippen LogP contribution in [0, 0.1) is 0 Å². The summed E-state index contributed by atoms with van der Waals surface area (Å²) in [5.41, 5.74) is 0. The van der Waals surface area contributed by atoms with Crippen molar-refractivity contribution < 1.29 is 9.69 Å². The van der Waals surface area contributed by atoms with E-state index in [1.807, 2.05) is 14.0 Å². The number of amides is 1. The molecule has 0 aromatic rings. The molecular formula is C5H12NO+. The highest BCUT2D eigenvalue weighted by Gasteiger charge is 2.00. The first-order valence-corrected chi connectivity index (χ1v) is 2.51. The summed E-state index contributed by atoms with van der Waals surface area (Å²) < 4.78 is 0. The maximum Gasteiger partial charge on any atom is 0.308 e. The van der Waals surface area contributed by atoms with E-state index in [1.54, 1.807) is 6.92 Å². The van der Waals surface area contributed by atoms with E-state index in [1.165, 1.54) is 0 Å². The molecule has 0 bridgehead atoms. The summed E-state index contributed by atoms with van der Waals surface area (Å²) in [4.78, 5) is 11.3. The maximum absolute atomic E-state index is 10.3. The van der Waals surface area contributed by atoms with E-state index in [0.717, 1.165) is 11.4 Å². The molecule has 0 heterocycles. The summed E-state index contributed by atoms with van der Waals surface area (Å²) in [6.07, 6.45) is 0. The Bertz CT molecular complexity index is 70.5. The van der Waals surface area contributed by atoms with Crippen LogP contribution in [0.1, 0.15) is 13.8 Å². The third-order valence-corrected chi connectivity index (χ3v) is 1.13. The highest BCUT2D eigenvalue weighted by Crippen LogP contribution is 1.44. The van der Waals surface area contributed by atoms with Gasteiger partial charge < -0.3 is 0 Å². The molecule has 7 heavy (non-hydrogen) atoms. The highest BCUT2D eigenvalue weighted by molar-refractivity contribution is 5.62. The summed E-state index contributed by atoms with van der Waals surface area (Å²) in [5, 5.41) is 0. The zero-order chi connectivity index (χ0) is 5.86. The summed E-state index contributed by atoms with van der Waals surface area (Å²) in [6.45, 7) is 4.46. The fraction of sp³-hybridized carbons (Fsp3) is 0.800. The van der Waals surface area contributed by atoms with Crippen molar-refractivity contribution in [1.82, 2.24) is 0 Å². The zero-order valence-corrected chi connectivity index (χ0v) is 5.12. The maximum atomic E-state index is 10.3. The average molecular weight is 102 g/mol. The first kappa shape index (κ1) is 6.63. The molecule has 0 radical (unpaired) electrons. The van der Waals surface area contributed by atoms with Crippen LogP contribution < -0.4 is 4.90 Å². The monoisotopic (exact) mass is 102 g/mol. The van der Waals surface area contributed by atoms with E-state index in [4.69, 9.17) is 0 Å². The standard InChI is InChI=1S/C5H11NO/c1-4-6(3)5(2)7/h4H2,1-3H3/p+1. The van der Waals surface area contributed by atoms with Gasteiger partial charge in [-0.1, -0.05) is 0 Å². The van der Waals surface area contributed by atoms with E-state index in [2.05, 4.69) is 0 Å². The van der Waals surface area contributed by atoms with Gasteiger partial charge in [0.05, 0.1) is 20.5 Å². The summed E-state index contributed by atoms with van der Waals surface area (Å²) in [6, 6.07) is 0. The molecule has 1 unspecified atom stereocenters. The molecule has 0 saturated heterocycles. The fourth-order valence-corrected chi connectivity index (χ4v) is 0.249. The van der Waals surface area contributed by atoms with Gasteiger partial charge in [-0.2, -0.15) is 0 Å². The van der Waals surface area contributed by atoms with E-state index in [-0.39, 0.29) is 5.91 Å². The minimum Gasteiger partial charge on any atom is -0.275 e. The van der Waals surface area contributed by atoms with Crippen LogP contribution >= 0.6 is 0 Å². The number of carbonyl (C=O) groups excluding carboxylic acids is 1. The van der Waals surface area contributed by atoms with Crippen LogP contribution in [0.4, 0.5) is 0 Å². The molecule has 0 saturated carbocycles. The molecule has 42 valence electrons. The molecule has 0 aliphatic heterocycles. The third kappa shape index (κ3) is 2.34. The van der Waals surface area contributed by atoms with Crippen LogP contribution in [-0.4, -0.2) is 19.5 Å². The number of hydrogen-bond donors (Lipinski definition) is 1. The van der Waals surface area contributed by atoms with Crippen LogP contribution in [-0.2, 0) is 4.79 Å². The lowest BCUT2D eigenvalue weighted by atomic mass is 10.6. The van der Waals surface area contributed by atoms with Crippen molar-refractivity contribution in [3.8, 4) is 0 Å². The Hall–Kier alpha value is -0.370. The van der Waals surface area contributed by atoms with Crippen molar-refractivity contribution in [3.05, 3.63) is 0 Å². The normalized spacial score (nSPS) is 13.6. The van der Waals surface area contributed by atoms with Gasteiger partial charge >= 0.3 is 5.91 Å². The molecule has 2 nitrogen and oxygen atoms in total. The Kier molecular flexibility index (Phi) is 2.60. The molecule has 0 aromatic heterocycles. The zero-order valence-electron chi connectivity index (χ0n) is 5.12. The van der Waals surface area contributed by atoms with Crippen molar-refractivity contribution in [1.29, 1.82) is 0 Å². The van der Waals surface area contributed by atoms with Gasteiger partial charge in [-0.15, -0.1) is 0 Å². The quantitative estimate of drug-likeness (QED) is 0.453. The molecule has 0 fully saturated rings. The Morgan fingerprint density at radius 3 is 2.14 bits per heavy atom. The van der Waals surface area contributed by atoms with E-state index < -0.39 is 0 Å². The molecule has 2 heteroatoms. The average Bonchev–Trinajstić information content (AvgIpc) is 1.65. The Morgan fingerprint density at radius 2 is 2.14 bits per heavy atom. The molecule has 0 rings (SSSR count). The lowest BCUT2D eigenvalue weighted by Gasteiger charge is -2.02. The summed E-state index contributed by atoms with van der Waals surface area (Å²) in [7, 11) is 1.86. The second-order valence-electron chi connectivity index (χ2n) is 1.69. The lowest BCUT2D eigenvalue weighted by molar-refractivity contribution is -0.795. The lowest BCUT2D eigenvalue weighted by Crippen LogP contribution is -3.10. The number of hydrogen-bond acceptors (Lipinski definition) is 1. The van der Waals surface area contributed by atoms with Crippen molar-refractivity contribution in [2.75, 3.05) is 13.6 Å². The second kappa shape index (κ2) is 2.75. The topological polar surface area (TPSA) is 21.5 Å². The number of rotatable bonds is 1. The van der Waals surface area contributed by atoms with Gasteiger partial charge in [0.25, 0.3) is 0 Å². The minimum absolute atomic E-state index is 0.211. The van der Waals surface area contributed by atoms with Crippen molar-refractivity contribution in [2.24, 2.45) is 0 Å². The predicted octanol–water partition coefficient (Wildman–Crippen LogP) is -0.932. The smallest absolute Gasteiger partial charge is 0.275 e. The van der Waals surface area contributed by atoms with E-state index >= 15 is 0 Å². The molecular weight excluding hydrogens is 90.1 g/mol. The molecule has 0 aliphatic rings. The molecule has 1 atom stereocenters. The van der Waals surface area contributed by atoms with Gasteiger partial charge in [0.1, 0.15) is 0 Å². The molecule has 1 N–H and O–H groups in total. The van der Waals surface area contributed by atoms with Crippen molar-refractivity contribution in [2.45, 2.75) is 13.8 Å². The van der Waals surface area contributed by atoms with E-state index in [9.17, 15) is 4.79 Å². The van der Waals surface area contributed by atoms with Gasteiger partial charge in [0.15, 0.2) is 0 Å². The predicted molar refractivity (Wildman–Crippen MR) is 28.1 cm³/mol. The molecule has 1 amide bonds. The number of nitrogens with one attached hydrogen (secondary N) is 1. The largest absolute Gasteiger partial charge is 0.308 e. The minimum atomic E-state index is 0.211. The first-order chi connectivity index (χ1) is 3.18. The molecule has 0 aliphatic carbocycles. The van der Waals surface area contributed by atoms with Gasteiger partial charge in [-0.05, 0) is 6.92 Å². The van der Waals surface area contributed by atoms with Crippen molar-refractivity contribution in [3.63, 3.8) is 0 Å². The van der Waals surface area contributed by atoms with Gasteiger partial charge in [0.2, 0.25) is 0 Å². The number of carbonyl (C=O) groups is 1. The first-order valence-electron chi connectivity index (χ1n) is 2.51. The van der Waals surface area contributed by atoms with Crippen LogP contribution in [0.15, 0.2) is 0 Å². The van der Waals surface area contributed by atoms with Crippen LogP contribution in [0.3, 0.4) is 0 Å². The third-order valence-electron chi connectivity index (χ3n) is 1.13. The molecule has 0 spiro atoms. The number of quaternary nitrogens is 1. The van der Waals surface area contributed by atoms with Crippen molar-refractivity contribution >= 4 is 5.91 Å². The van der Waals surface area contributed by atoms with Crippen LogP contribution in [0.2, 0.25) is 0 Å². The van der Waals surface area contributed by atoms with E-state index in [0.29, 0.717) is 0 Å². The molecule has 0 aromatic carbocycles. The highest BCUT2D eigenvalue weighted by atomic mass is 16.2. The Morgan fingerprint density at radius 1 is 1.71 bits per heavy atom. The van der Waals surface area contributed by atoms with Crippen LogP contribution in [0.5, 0.6) is 0 Å². The Balaban J connectivity index is 3.34. The second-order valence-corrected chi connectivity index (χ2v) is 1.69. The van der Waals surface area contributed by atoms with Crippen LogP contribution in [0.25, 0.3) is 0 Å². The summed E-state index contributed by atoms with van der Waals surface area (Å²) in [5.74, 6) is 0.211. The van der Waals surface area contributed by atoms with Gasteiger partial charge in [-0.3, -0.25) is 4.90 Å². The SMILES string of the molecule is CC[NH+](C)C(C)=O.